The van der Waals surface area contributed by atoms with E-state index in [1.54, 1.807) is 37.3 Å². The van der Waals surface area contributed by atoms with E-state index in [0.717, 1.165) is 5.56 Å². The highest BCUT2D eigenvalue weighted by Crippen LogP contribution is 2.35. The van der Waals surface area contributed by atoms with Gasteiger partial charge < -0.3 is 4.74 Å². The van der Waals surface area contributed by atoms with Gasteiger partial charge in [-0.2, -0.15) is 0 Å². The molecule has 0 atom stereocenters. The van der Waals surface area contributed by atoms with Crippen molar-refractivity contribution in [2.75, 3.05) is 12.0 Å². The van der Waals surface area contributed by atoms with Gasteiger partial charge in [0.05, 0.1) is 23.8 Å². The highest BCUT2D eigenvalue weighted by atomic mass is 35.5. The smallest absolute Gasteiger partial charge is 0.282 e. The summed E-state index contributed by atoms with van der Waals surface area (Å²) in [5.74, 6) is 0.321. The molecule has 0 saturated carbocycles. The van der Waals surface area contributed by atoms with Crippen LogP contribution in [0.1, 0.15) is 12.5 Å². The van der Waals surface area contributed by atoms with Crippen LogP contribution in [0.3, 0.4) is 0 Å². The van der Waals surface area contributed by atoms with Crippen LogP contribution in [0.2, 0.25) is 5.02 Å². The first kappa shape index (κ1) is 17.6. The first-order chi connectivity index (χ1) is 12.4. The number of rotatable bonds is 4. The zero-order valence-electron chi connectivity index (χ0n) is 14.0. The fourth-order valence-electron chi connectivity index (χ4n) is 2.59. The predicted octanol–water partition coefficient (Wildman–Crippen LogP) is 4.06. The van der Waals surface area contributed by atoms with Gasteiger partial charge in [-0.3, -0.25) is 19.8 Å². The standard InChI is InChI=1S/C18H14ClN3O4/c1-11-20-15(9-12-3-5-13(19)6-4-12)18(23)21(11)16-8-7-14(22(24)25)10-17(16)26-2/h3-10H,1-2H3/b15-9-. The van der Waals surface area contributed by atoms with Crippen molar-refractivity contribution < 1.29 is 14.5 Å². The molecule has 8 heteroatoms. The van der Waals surface area contributed by atoms with E-state index in [2.05, 4.69) is 4.99 Å². The summed E-state index contributed by atoms with van der Waals surface area (Å²) in [5.41, 5.74) is 1.31. The second-order valence-corrected chi connectivity index (χ2v) is 5.93. The third-order valence-electron chi connectivity index (χ3n) is 3.82. The second-order valence-electron chi connectivity index (χ2n) is 5.49. The van der Waals surface area contributed by atoms with E-state index in [-0.39, 0.29) is 23.0 Å². The van der Waals surface area contributed by atoms with Crippen LogP contribution in [0.5, 0.6) is 5.75 Å². The molecule has 0 aromatic heterocycles. The molecule has 0 bridgehead atoms. The van der Waals surface area contributed by atoms with Crippen LogP contribution in [-0.2, 0) is 4.79 Å². The highest BCUT2D eigenvalue weighted by Gasteiger charge is 2.31. The predicted molar refractivity (Wildman–Crippen MR) is 99.7 cm³/mol. The maximum Gasteiger partial charge on any atom is 0.282 e. The van der Waals surface area contributed by atoms with Crippen molar-refractivity contribution in [3.05, 3.63) is 68.9 Å². The second kappa shape index (κ2) is 6.97. The molecule has 3 rings (SSSR count). The molecule has 1 amide bonds. The van der Waals surface area contributed by atoms with Gasteiger partial charge >= 0.3 is 0 Å². The Hall–Kier alpha value is -3.19. The quantitative estimate of drug-likeness (QED) is 0.460. The number of carbonyl (C=O) groups excluding carboxylic acids is 1. The number of nitro benzene ring substituents is 1. The lowest BCUT2D eigenvalue weighted by molar-refractivity contribution is -0.384. The van der Waals surface area contributed by atoms with Gasteiger partial charge in [0, 0.05) is 11.1 Å². The summed E-state index contributed by atoms with van der Waals surface area (Å²) in [5, 5.41) is 11.5. The van der Waals surface area contributed by atoms with E-state index >= 15 is 0 Å². The molecule has 1 aliphatic rings. The first-order valence-electron chi connectivity index (χ1n) is 7.60. The number of amides is 1. The number of halogens is 1. The van der Waals surface area contributed by atoms with Crippen LogP contribution in [0.15, 0.2) is 53.2 Å². The number of ether oxygens (including phenoxy) is 1. The number of hydrogen-bond donors (Lipinski definition) is 0. The molecule has 0 radical (unpaired) electrons. The van der Waals surface area contributed by atoms with E-state index in [0.29, 0.717) is 16.5 Å². The zero-order chi connectivity index (χ0) is 18.8. The number of hydrogen-bond acceptors (Lipinski definition) is 5. The zero-order valence-corrected chi connectivity index (χ0v) is 14.7. The maximum absolute atomic E-state index is 12.8. The molecule has 7 nitrogen and oxygen atoms in total. The lowest BCUT2D eigenvalue weighted by atomic mass is 10.2. The molecule has 2 aromatic rings. The summed E-state index contributed by atoms with van der Waals surface area (Å²) in [6.45, 7) is 1.68. The van der Waals surface area contributed by atoms with E-state index in [4.69, 9.17) is 16.3 Å². The number of methoxy groups -OCH3 is 1. The summed E-state index contributed by atoms with van der Waals surface area (Å²) in [6.07, 6.45) is 1.65. The van der Waals surface area contributed by atoms with Crippen molar-refractivity contribution in [3.8, 4) is 5.75 Å². The summed E-state index contributed by atoms with van der Waals surface area (Å²) < 4.78 is 5.22. The Kier molecular flexibility index (Phi) is 4.73. The molecular formula is C18H14ClN3O4. The number of aliphatic imine (C=N–C) groups is 1. The van der Waals surface area contributed by atoms with E-state index in [9.17, 15) is 14.9 Å². The van der Waals surface area contributed by atoms with Crippen LogP contribution >= 0.6 is 11.6 Å². The molecule has 0 unspecified atom stereocenters. The molecule has 2 aromatic carbocycles. The number of benzene rings is 2. The molecule has 0 N–H and O–H groups in total. The Morgan fingerprint density at radius 2 is 1.92 bits per heavy atom. The van der Waals surface area contributed by atoms with Gasteiger partial charge in [-0.25, -0.2) is 4.99 Å². The van der Waals surface area contributed by atoms with Crippen LogP contribution < -0.4 is 9.64 Å². The van der Waals surface area contributed by atoms with Gasteiger partial charge in [0.2, 0.25) is 0 Å². The van der Waals surface area contributed by atoms with Crippen LogP contribution in [0, 0.1) is 10.1 Å². The minimum atomic E-state index is -0.523. The Bertz CT molecular complexity index is 951. The van der Waals surface area contributed by atoms with Gasteiger partial charge in [-0.05, 0) is 36.8 Å². The Balaban J connectivity index is 1.98. The Morgan fingerprint density at radius 1 is 1.23 bits per heavy atom. The van der Waals surface area contributed by atoms with Crippen LogP contribution in [-0.4, -0.2) is 23.8 Å². The van der Waals surface area contributed by atoms with Gasteiger partial charge in [0.15, 0.2) is 0 Å². The number of anilines is 1. The van der Waals surface area contributed by atoms with Crippen LogP contribution in [0.4, 0.5) is 11.4 Å². The van der Waals surface area contributed by atoms with Gasteiger partial charge in [0.1, 0.15) is 17.3 Å². The number of non-ortho nitro benzene ring substituents is 1. The van der Waals surface area contributed by atoms with Crippen molar-refractivity contribution in [1.29, 1.82) is 0 Å². The molecule has 0 fully saturated rings. The normalized spacial score (nSPS) is 15.3. The fourth-order valence-corrected chi connectivity index (χ4v) is 2.72. The van der Waals surface area contributed by atoms with E-state index in [1.165, 1.54) is 30.2 Å². The average molecular weight is 372 g/mol. The summed E-state index contributed by atoms with van der Waals surface area (Å²) >= 11 is 5.87. The van der Waals surface area contributed by atoms with Crippen molar-refractivity contribution >= 4 is 40.8 Å². The Morgan fingerprint density at radius 3 is 2.54 bits per heavy atom. The van der Waals surface area contributed by atoms with Crippen molar-refractivity contribution in [3.63, 3.8) is 0 Å². The van der Waals surface area contributed by atoms with Gasteiger partial charge in [-0.1, -0.05) is 23.7 Å². The Labute approximate surface area is 154 Å². The number of carbonyl (C=O) groups is 1. The molecule has 132 valence electrons. The molecule has 1 aliphatic heterocycles. The summed E-state index contributed by atoms with van der Waals surface area (Å²) in [6, 6.07) is 11.1. The first-order valence-corrected chi connectivity index (χ1v) is 7.98. The van der Waals surface area contributed by atoms with Crippen molar-refractivity contribution in [2.24, 2.45) is 4.99 Å². The average Bonchev–Trinajstić information content (AvgIpc) is 2.89. The van der Waals surface area contributed by atoms with E-state index < -0.39 is 4.92 Å². The highest BCUT2D eigenvalue weighted by molar-refractivity contribution is 6.30. The topological polar surface area (TPSA) is 85.0 Å². The number of nitro groups is 1. The monoisotopic (exact) mass is 371 g/mol. The minimum Gasteiger partial charge on any atom is -0.494 e. The summed E-state index contributed by atoms with van der Waals surface area (Å²) in [7, 11) is 1.39. The third-order valence-corrected chi connectivity index (χ3v) is 4.07. The number of amidine groups is 1. The van der Waals surface area contributed by atoms with Gasteiger partial charge in [0.25, 0.3) is 11.6 Å². The largest absolute Gasteiger partial charge is 0.494 e. The van der Waals surface area contributed by atoms with Crippen LogP contribution in [0.25, 0.3) is 6.08 Å². The molecule has 1 heterocycles. The number of nitrogens with zero attached hydrogens (tertiary/aromatic N) is 3. The lowest BCUT2D eigenvalue weighted by Gasteiger charge is -2.18. The molecule has 0 saturated heterocycles. The van der Waals surface area contributed by atoms with Crippen molar-refractivity contribution in [2.45, 2.75) is 6.92 Å². The SMILES string of the molecule is COc1cc([N+](=O)[O-])ccc1N1C(=O)/C(=C/c2ccc(Cl)cc2)N=C1C. The molecular weight excluding hydrogens is 358 g/mol. The van der Waals surface area contributed by atoms with E-state index in [1.807, 2.05) is 0 Å². The minimum absolute atomic E-state index is 0.122. The van der Waals surface area contributed by atoms with Crippen molar-refractivity contribution in [1.82, 2.24) is 0 Å². The molecule has 0 spiro atoms. The molecule has 26 heavy (non-hydrogen) atoms. The lowest BCUT2D eigenvalue weighted by Crippen LogP contribution is -2.30. The third kappa shape index (κ3) is 3.29. The summed E-state index contributed by atoms with van der Waals surface area (Å²) in [4.78, 5) is 28.9. The maximum atomic E-state index is 12.8. The molecule has 0 aliphatic carbocycles. The van der Waals surface area contributed by atoms with Gasteiger partial charge in [-0.15, -0.1) is 0 Å². The fraction of sp³-hybridized carbons (Fsp3) is 0.111.